The SMILES string of the molecule is COC(=O)c1cc(N)cc(Cl)c1N(C)Cc1ccoc1C. The summed E-state index contributed by atoms with van der Waals surface area (Å²) in [5.41, 5.74) is 8.11. The second-order valence-corrected chi connectivity index (χ2v) is 5.16. The van der Waals surface area contributed by atoms with Crippen LogP contribution in [0, 0.1) is 6.92 Å². The maximum Gasteiger partial charge on any atom is 0.340 e. The number of carbonyl (C=O) groups is 1. The van der Waals surface area contributed by atoms with Gasteiger partial charge in [-0.2, -0.15) is 0 Å². The Balaban J connectivity index is 2.42. The van der Waals surface area contributed by atoms with E-state index in [1.807, 2.05) is 24.9 Å². The van der Waals surface area contributed by atoms with Gasteiger partial charge in [0.05, 0.1) is 29.6 Å². The van der Waals surface area contributed by atoms with E-state index in [9.17, 15) is 4.79 Å². The Bertz CT molecular complexity index is 667. The fraction of sp³-hybridized carbons (Fsp3) is 0.267. The molecule has 2 rings (SSSR count). The molecule has 0 unspecified atom stereocenters. The zero-order valence-electron chi connectivity index (χ0n) is 12.1. The minimum Gasteiger partial charge on any atom is -0.469 e. The minimum absolute atomic E-state index is 0.339. The smallest absolute Gasteiger partial charge is 0.340 e. The second kappa shape index (κ2) is 6.10. The highest BCUT2D eigenvalue weighted by atomic mass is 35.5. The third-order valence-corrected chi connectivity index (χ3v) is 3.53. The largest absolute Gasteiger partial charge is 0.469 e. The number of nitrogens with two attached hydrogens (primary N) is 1. The number of anilines is 2. The van der Waals surface area contributed by atoms with Gasteiger partial charge in [-0.3, -0.25) is 0 Å². The van der Waals surface area contributed by atoms with Gasteiger partial charge in [0.1, 0.15) is 5.76 Å². The van der Waals surface area contributed by atoms with Crippen LogP contribution in [0.5, 0.6) is 0 Å². The number of rotatable bonds is 4. The molecular weight excluding hydrogens is 292 g/mol. The van der Waals surface area contributed by atoms with Gasteiger partial charge in [0.15, 0.2) is 0 Å². The Morgan fingerprint density at radius 2 is 2.19 bits per heavy atom. The molecule has 0 amide bonds. The molecule has 0 radical (unpaired) electrons. The molecule has 21 heavy (non-hydrogen) atoms. The average Bonchev–Trinajstić information content (AvgIpc) is 2.82. The highest BCUT2D eigenvalue weighted by Crippen LogP contribution is 2.33. The van der Waals surface area contributed by atoms with Crippen LogP contribution in [-0.4, -0.2) is 20.1 Å². The van der Waals surface area contributed by atoms with Gasteiger partial charge in [0, 0.05) is 24.8 Å². The van der Waals surface area contributed by atoms with Crippen LogP contribution in [0.3, 0.4) is 0 Å². The Hall–Kier alpha value is -2.14. The molecular formula is C15H17ClN2O3. The molecule has 1 aromatic carbocycles. The van der Waals surface area contributed by atoms with E-state index in [1.54, 1.807) is 18.4 Å². The van der Waals surface area contributed by atoms with Crippen LogP contribution < -0.4 is 10.6 Å². The lowest BCUT2D eigenvalue weighted by molar-refractivity contribution is 0.0601. The fourth-order valence-electron chi connectivity index (χ4n) is 2.18. The Morgan fingerprint density at radius 1 is 1.48 bits per heavy atom. The fourth-order valence-corrected chi connectivity index (χ4v) is 2.56. The molecule has 0 aliphatic rings. The molecule has 2 N–H and O–H groups in total. The van der Waals surface area contributed by atoms with Crippen molar-refractivity contribution in [3.05, 3.63) is 46.4 Å². The number of carbonyl (C=O) groups excluding carboxylic acids is 1. The van der Waals surface area contributed by atoms with Gasteiger partial charge in [0.2, 0.25) is 0 Å². The quantitative estimate of drug-likeness (QED) is 0.693. The van der Waals surface area contributed by atoms with Gasteiger partial charge in [-0.05, 0) is 25.1 Å². The molecule has 112 valence electrons. The molecule has 0 atom stereocenters. The number of furan rings is 1. The Kier molecular flexibility index (Phi) is 4.43. The summed E-state index contributed by atoms with van der Waals surface area (Å²) in [7, 11) is 3.17. The molecule has 0 saturated heterocycles. The van der Waals surface area contributed by atoms with Crippen molar-refractivity contribution in [2.75, 3.05) is 24.8 Å². The van der Waals surface area contributed by atoms with Crippen LogP contribution in [0.4, 0.5) is 11.4 Å². The molecule has 0 bridgehead atoms. The maximum absolute atomic E-state index is 11.9. The first kappa shape index (κ1) is 15.3. The number of esters is 1. The van der Waals surface area contributed by atoms with E-state index < -0.39 is 5.97 Å². The number of nitrogens with zero attached hydrogens (tertiary/aromatic N) is 1. The van der Waals surface area contributed by atoms with Crippen molar-refractivity contribution in [3.63, 3.8) is 0 Å². The van der Waals surface area contributed by atoms with Gasteiger partial charge in [0.25, 0.3) is 0 Å². The summed E-state index contributed by atoms with van der Waals surface area (Å²) >= 11 is 6.26. The predicted molar refractivity (Wildman–Crippen MR) is 82.8 cm³/mol. The number of benzene rings is 1. The highest BCUT2D eigenvalue weighted by molar-refractivity contribution is 6.34. The summed E-state index contributed by atoms with van der Waals surface area (Å²) in [6, 6.07) is 5.06. The van der Waals surface area contributed by atoms with Gasteiger partial charge < -0.3 is 19.8 Å². The summed E-state index contributed by atoms with van der Waals surface area (Å²) in [5, 5.41) is 0.402. The number of ether oxygens (including phenoxy) is 1. The van der Waals surface area contributed by atoms with Crippen LogP contribution in [0.1, 0.15) is 21.7 Å². The lowest BCUT2D eigenvalue weighted by atomic mass is 10.1. The molecule has 2 aromatic rings. The molecule has 5 nitrogen and oxygen atoms in total. The van der Waals surface area contributed by atoms with E-state index in [0.29, 0.717) is 28.5 Å². The zero-order valence-corrected chi connectivity index (χ0v) is 12.9. The van der Waals surface area contributed by atoms with Crippen LogP contribution >= 0.6 is 11.6 Å². The van der Waals surface area contributed by atoms with Gasteiger partial charge in [-0.15, -0.1) is 0 Å². The van der Waals surface area contributed by atoms with E-state index in [2.05, 4.69) is 0 Å². The molecule has 0 aliphatic heterocycles. The van der Waals surface area contributed by atoms with Crippen LogP contribution in [0.2, 0.25) is 5.02 Å². The summed E-state index contributed by atoms with van der Waals surface area (Å²) in [5.74, 6) is 0.350. The summed E-state index contributed by atoms with van der Waals surface area (Å²) in [6.45, 7) is 2.44. The molecule has 0 spiro atoms. The third kappa shape index (κ3) is 3.13. The number of hydrogen-bond acceptors (Lipinski definition) is 5. The number of aryl methyl sites for hydroxylation is 1. The van der Waals surface area contributed by atoms with Crippen molar-refractivity contribution in [3.8, 4) is 0 Å². The lowest BCUT2D eigenvalue weighted by Gasteiger charge is -2.23. The molecule has 0 aliphatic carbocycles. The number of hydrogen-bond donors (Lipinski definition) is 1. The first-order valence-corrected chi connectivity index (χ1v) is 6.73. The first-order chi connectivity index (χ1) is 9.93. The first-order valence-electron chi connectivity index (χ1n) is 6.35. The van der Waals surface area contributed by atoms with Crippen molar-refractivity contribution in [2.45, 2.75) is 13.5 Å². The molecule has 1 heterocycles. The van der Waals surface area contributed by atoms with Crippen LogP contribution in [-0.2, 0) is 11.3 Å². The normalized spacial score (nSPS) is 10.5. The van der Waals surface area contributed by atoms with Crippen molar-refractivity contribution >= 4 is 28.9 Å². The Labute approximate surface area is 128 Å². The summed E-state index contributed by atoms with van der Waals surface area (Å²) < 4.78 is 10.1. The third-order valence-electron chi connectivity index (χ3n) is 3.25. The number of nitrogen functional groups attached to an aromatic ring is 1. The number of halogens is 1. The van der Waals surface area contributed by atoms with E-state index in [0.717, 1.165) is 11.3 Å². The van der Waals surface area contributed by atoms with Crippen LogP contribution in [0.15, 0.2) is 28.9 Å². The van der Waals surface area contributed by atoms with Crippen LogP contribution in [0.25, 0.3) is 0 Å². The molecule has 0 saturated carbocycles. The van der Waals surface area contributed by atoms with Gasteiger partial charge in [-0.1, -0.05) is 11.6 Å². The van der Waals surface area contributed by atoms with Crippen molar-refractivity contribution < 1.29 is 13.9 Å². The predicted octanol–water partition coefficient (Wildman–Crippen LogP) is 3.25. The summed E-state index contributed by atoms with van der Waals surface area (Å²) in [4.78, 5) is 13.8. The van der Waals surface area contributed by atoms with Crippen molar-refractivity contribution in [2.24, 2.45) is 0 Å². The molecule has 1 aromatic heterocycles. The maximum atomic E-state index is 11.9. The van der Waals surface area contributed by atoms with Crippen molar-refractivity contribution in [1.82, 2.24) is 0 Å². The van der Waals surface area contributed by atoms with E-state index in [-0.39, 0.29) is 0 Å². The number of methoxy groups -OCH3 is 1. The minimum atomic E-state index is -0.477. The van der Waals surface area contributed by atoms with Gasteiger partial charge >= 0.3 is 5.97 Å². The monoisotopic (exact) mass is 308 g/mol. The van der Waals surface area contributed by atoms with E-state index in [1.165, 1.54) is 7.11 Å². The standard InChI is InChI=1S/C15H17ClN2O3/c1-9-10(4-5-21-9)8-18(2)14-12(15(19)20-3)6-11(17)7-13(14)16/h4-7H,8,17H2,1-3H3. The van der Waals surface area contributed by atoms with Gasteiger partial charge in [-0.25, -0.2) is 4.79 Å². The van der Waals surface area contributed by atoms with Crippen molar-refractivity contribution in [1.29, 1.82) is 0 Å². The molecule has 0 fully saturated rings. The Morgan fingerprint density at radius 3 is 2.76 bits per heavy atom. The molecule has 6 heteroatoms. The van der Waals surface area contributed by atoms with E-state index >= 15 is 0 Å². The second-order valence-electron chi connectivity index (χ2n) is 4.75. The lowest BCUT2D eigenvalue weighted by Crippen LogP contribution is -2.20. The zero-order chi connectivity index (χ0) is 15.6. The summed E-state index contributed by atoms with van der Waals surface area (Å²) in [6.07, 6.45) is 1.63. The average molecular weight is 309 g/mol. The van der Waals surface area contributed by atoms with E-state index in [4.69, 9.17) is 26.5 Å². The topological polar surface area (TPSA) is 68.7 Å². The highest BCUT2D eigenvalue weighted by Gasteiger charge is 2.20.